The molecule has 7 heteroatoms. The fraction of sp³-hybridized carbons (Fsp3) is 0.588. The zero-order valence-corrected chi connectivity index (χ0v) is 15.6. The number of benzene rings is 1. The molecule has 134 valence electrons. The minimum absolute atomic E-state index is 0.0273. The third-order valence-corrected chi connectivity index (χ3v) is 6.71. The third kappa shape index (κ3) is 5.19. The van der Waals surface area contributed by atoms with E-state index in [1.807, 2.05) is 25.1 Å². The van der Waals surface area contributed by atoms with E-state index in [-0.39, 0.29) is 17.6 Å². The molecule has 1 aliphatic heterocycles. The van der Waals surface area contributed by atoms with Crippen LogP contribution in [0.25, 0.3) is 0 Å². The van der Waals surface area contributed by atoms with Crippen molar-refractivity contribution in [3.05, 3.63) is 34.9 Å². The van der Waals surface area contributed by atoms with Crippen LogP contribution in [0.4, 0.5) is 0 Å². The molecule has 1 fully saturated rings. The van der Waals surface area contributed by atoms with Crippen LogP contribution in [-0.2, 0) is 21.4 Å². The first-order valence-corrected chi connectivity index (χ1v) is 10.4. The van der Waals surface area contributed by atoms with Gasteiger partial charge in [0.25, 0.3) is 0 Å². The molecule has 0 radical (unpaired) electrons. The quantitative estimate of drug-likeness (QED) is 0.800. The van der Waals surface area contributed by atoms with Gasteiger partial charge in [-0.2, -0.15) is 0 Å². The summed E-state index contributed by atoms with van der Waals surface area (Å²) in [6, 6.07) is 7.41. The first-order chi connectivity index (χ1) is 11.4. The summed E-state index contributed by atoms with van der Waals surface area (Å²) >= 11 is 6.08. The smallest absolute Gasteiger partial charge is 0.223 e. The van der Waals surface area contributed by atoms with Crippen LogP contribution >= 0.6 is 11.6 Å². The molecule has 1 saturated heterocycles. The molecular weight excluding hydrogens is 348 g/mol. The second-order valence-electron chi connectivity index (χ2n) is 6.15. The molecule has 0 unspecified atom stereocenters. The van der Waals surface area contributed by atoms with Gasteiger partial charge in [0, 0.05) is 30.6 Å². The van der Waals surface area contributed by atoms with Gasteiger partial charge in [-0.3, -0.25) is 4.79 Å². The van der Waals surface area contributed by atoms with E-state index in [0.717, 1.165) is 12.0 Å². The Labute approximate surface area is 149 Å². The number of halogens is 1. The fourth-order valence-corrected chi connectivity index (χ4v) is 4.70. The average Bonchev–Trinajstić information content (AvgIpc) is 2.59. The molecule has 1 aliphatic rings. The Bertz CT molecular complexity index is 656. The predicted octanol–water partition coefficient (Wildman–Crippen LogP) is 2.80. The van der Waals surface area contributed by atoms with Gasteiger partial charge in [0.15, 0.2) is 0 Å². The Morgan fingerprint density at radius 1 is 1.29 bits per heavy atom. The fourth-order valence-electron chi connectivity index (χ4n) is 2.82. The highest BCUT2D eigenvalue weighted by molar-refractivity contribution is 7.89. The van der Waals surface area contributed by atoms with E-state index < -0.39 is 10.0 Å². The summed E-state index contributed by atoms with van der Waals surface area (Å²) in [5.41, 5.74) is 0.882. The molecule has 0 aromatic heterocycles. The molecule has 1 aromatic carbocycles. The molecular formula is C17H25ClN2O3S. The summed E-state index contributed by atoms with van der Waals surface area (Å²) < 4.78 is 25.9. The van der Waals surface area contributed by atoms with E-state index >= 15 is 0 Å². The standard InChI is InChI=1S/C17H25ClN2O3S/c1-2-3-12-24(22,23)20-10-8-14(9-11-20)17(21)19-13-15-6-4-5-7-16(15)18/h4-7,14H,2-3,8-13H2,1H3,(H,19,21). The van der Waals surface area contributed by atoms with Gasteiger partial charge in [-0.05, 0) is 30.9 Å². The van der Waals surface area contributed by atoms with Crippen molar-refractivity contribution in [1.82, 2.24) is 9.62 Å². The highest BCUT2D eigenvalue weighted by Gasteiger charge is 2.30. The molecule has 0 spiro atoms. The van der Waals surface area contributed by atoms with E-state index in [2.05, 4.69) is 5.32 Å². The number of nitrogens with one attached hydrogen (secondary N) is 1. The maximum atomic E-state index is 12.3. The van der Waals surface area contributed by atoms with E-state index in [0.29, 0.717) is 43.9 Å². The van der Waals surface area contributed by atoms with Gasteiger partial charge in [-0.25, -0.2) is 12.7 Å². The predicted molar refractivity (Wildman–Crippen MR) is 96.3 cm³/mol. The number of hydrogen-bond donors (Lipinski definition) is 1. The number of rotatable bonds is 7. The molecule has 2 rings (SSSR count). The molecule has 24 heavy (non-hydrogen) atoms. The molecule has 0 bridgehead atoms. The van der Waals surface area contributed by atoms with Crippen LogP contribution in [0.5, 0.6) is 0 Å². The van der Waals surface area contributed by atoms with Crippen molar-refractivity contribution in [3.63, 3.8) is 0 Å². The highest BCUT2D eigenvalue weighted by atomic mass is 35.5. The van der Waals surface area contributed by atoms with Crippen molar-refractivity contribution in [2.75, 3.05) is 18.8 Å². The van der Waals surface area contributed by atoms with Gasteiger partial charge in [0.05, 0.1) is 5.75 Å². The molecule has 0 saturated carbocycles. The molecule has 5 nitrogen and oxygen atoms in total. The lowest BCUT2D eigenvalue weighted by Crippen LogP contribution is -2.43. The van der Waals surface area contributed by atoms with Crippen molar-refractivity contribution in [3.8, 4) is 0 Å². The number of carbonyl (C=O) groups is 1. The lowest BCUT2D eigenvalue weighted by Gasteiger charge is -2.30. The Hall–Kier alpha value is -1.11. The first kappa shape index (κ1) is 19.2. The van der Waals surface area contributed by atoms with Crippen LogP contribution in [0.15, 0.2) is 24.3 Å². The SMILES string of the molecule is CCCCS(=O)(=O)N1CCC(C(=O)NCc2ccccc2Cl)CC1. The molecule has 1 aromatic rings. The van der Waals surface area contributed by atoms with Crippen molar-refractivity contribution >= 4 is 27.5 Å². The number of hydrogen-bond acceptors (Lipinski definition) is 3. The topological polar surface area (TPSA) is 66.5 Å². The van der Waals surface area contributed by atoms with Gasteiger partial charge in [-0.15, -0.1) is 0 Å². The first-order valence-electron chi connectivity index (χ1n) is 8.43. The molecule has 1 heterocycles. The van der Waals surface area contributed by atoms with Gasteiger partial charge in [-0.1, -0.05) is 43.1 Å². The van der Waals surface area contributed by atoms with Crippen molar-refractivity contribution in [1.29, 1.82) is 0 Å². The number of unbranched alkanes of at least 4 members (excludes halogenated alkanes) is 1. The number of amides is 1. The number of sulfonamides is 1. The normalized spacial score (nSPS) is 16.9. The van der Waals surface area contributed by atoms with E-state index in [1.54, 1.807) is 6.07 Å². The maximum Gasteiger partial charge on any atom is 0.223 e. The Morgan fingerprint density at radius 2 is 1.96 bits per heavy atom. The summed E-state index contributed by atoms with van der Waals surface area (Å²) in [4.78, 5) is 12.3. The Kier molecular flexibility index (Phi) is 7.07. The average molecular weight is 373 g/mol. The Morgan fingerprint density at radius 3 is 2.58 bits per heavy atom. The van der Waals surface area contributed by atoms with Crippen molar-refractivity contribution in [2.24, 2.45) is 5.92 Å². The summed E-state index contributed by atoms with van der Waals surface area (Å²) in [6.45, 7) is 3.23. The number of carbonyl (C=O) groups excluding carboxylic acids is 1. The minimum atomic E-state index is -3.17. The van der Waals surface area contributed by atoms with Crippen LogP contribution in [0, 0.1) is 5.92 Å². The zero-order valence-electron chi connectivity index (χ0n) is 14.0. The summed E-state index contributed by atoms with van der Waals surface area (Å²) in [5.74, 6) is 0.0398. The zero-order chi connectivity index (χ0) is 17.6. The second-order valence-corrected chi connectivity index (χ2v) is 8.65. The van der Waals surface area contributed by atoms with Gasteiger partial charge < -0.3 is 5.32 Å². The van der Waals surface area contributed by atoms with Gasteiger partial charge >= 0.3 is 0 Å². The number of nitrogens with zero attached hydrogens (tertiary/aromatic N) is 1. The maximum absolute atomic E-state index is 12.3. The molecule has 0 aliphatic carbocycles. The second kappa shape index (κ2) is 8.83. The van der Waals surface area contributed by atoms with Gasteiger partial charge in [0.1, 0.15) is 0 Å². The lowest BCUT2D eigenvalue weighted by molar-refractivity contribution is -0.126. The summed E-state index contributed by atoms with van der Waals surface area (Å²) in [6.07, 6.45) is 2.68. The van der Waals surface area contributed by atoms with Crippen molar-refractivity contribution in [2.45, 2.75) is 39.2 Å². The third-order valence-electron chi connectivity index (χ3n) is 4.38. The van der Waals surface area contributed by atoms with Crippen molar-refractivity contribution < 1.29 is 13.2 Å². The lowest BCUT2D eigenvalue weighted by atomic mass is 9.97. The van der Waals surface area contributed by atoms with E-state index in [9.17, 15) is 13.2 Å². The van der Waals surface area contributed by atoms with Gasteiger partial charge in [0.2, 0.25) is 15.9 Å². The monoisotopic (exact) mass is 372 g/mol. The Balaban J connectivity index is 1.81. The van der Waals surface area contributed by atoms with Crippen LogP contribution in [0.1, 0.15) is 38.2 Å². The summed E-state index contributed by atoms with van der Waals surface area (Å²) in [7, 11) is -3.17. The molecule has 1 amide bonds. The van der Waals surface area contributed by atoms with Crippen LogP contribution in [-0.4, -0.2) is 37.5 Å². The van der Waals surface area contributed by atoms with Crippen LogP contribution < -0.4 is 5.32 Å². The van der Waals surface area contributed by atoms with E-state index in [1.165, 1.54) is 4.31 Å². The van der Waals surface area contributed by atoms with Crippen LogP contribution in [0.2, 0.25) is 5.02 Å². The van der Waals surface area contributed by atoms with Crippen LogP contribution in [0.3, 0.4) is 0 Å². The highest BCUT2D eigenvalue weighted by Crippen LogP contribution is 2.21. The molecule has 1 N–H and O–H groups in total. The molecule has 0 atom stereocenters. The largest absolute Gasteiger partial charge is 0.352 e. The minimum Gasteiger partial charge on any atom is -0.352 e. The van der Waals surface area contributed by atoms with E-state index in [4.69, 9.17) is 11.6 Å². The summed E-state index contributed by atoms with van der Waals surface area (Å²) in [5, 5.41) is 3.54. The number of piperidine rings is 1.